The number of hydrogen-bond acceptors (Lipinski definition) is 9. The summed E-state index contributed by atoms with van der Waals surface area (Å²) in [6.07, 6.45) is 4.53. The molecule has 1 aliphatic carbocycles. The Hall–Kier alpha value is -6.04. The lowest BCUT2D eigenvalue weighted by molar-refractivity contribution is -0.141. The molecule has 0 radical (unpaired) electrons. The third kappa shape index (κ3) is 8.31. The number of aryl methyl sites for hydroxylation is 1. The first-order valence-electron chi connectivity index (χ1n) is 21.4. The summed E-state index contributed by atoms with van der Waals surface area (Å²) in [5.74, 6) is -0.573. The van der Waals surface area contributed by atoms with Gasteiger partial charge in [0.1, 0.15) is 29.8 Å². The fourth-order valence-corrected chi connectivity index (χ4v) is 9.79. The number of anilines is 1. The van der Waals surface area contributed by atoms with Gasteiger partial charge in [-0.05, 0) is 106 Å². The van der Waals surface area contributed by atoms with E-state index in [2.05, 4.69) is 31.9 Å². The monoisotopic (exact) mass is 855 g/mol. The summed E-state index contributed by atoms with van der Waals surface area (Å²) in [5, 5.41) is 13.6. The van der Waals surface area contributed by atoms with Crippen molar-refractivity contribution in [3.05, 3.63) is 82.2 Å². The van der Waals surface area contributed by atoms with E-state index >= 15 is 0 Å². The smallest absolute Gasteiger partial charge is 0.433 e. The Morgan fingerprint density at radius 1 is 0.919 bits per heavy atom. The molecule has 2 aromatic carbocycles. The van der Waals surface area contributed by atoms with Crippen LogP contribution in [0.2, 0.25) is 0 Å². The highest BCUT2D eigenvalue weighted by molar-refractivity contribution is 6.05. The molecule has 18 heteroatoms. The molecule has 0 spiro atoms. The van der Waals surface area contributed by atoms with Gasteiger partial charge in [-0.3, -0.25) is 38.3 Å². The molecular formula is C44H48F3N9O6. The topological polar surface area (TPSA) is 174 Å². The summed E-state index contributed by atoms with van der Waals surface area (Å²) in [6.45, 7) is 3.02. The summed E-state index contributed by atoms with van der Waals surface area (Å²) in [4.78, 5) is 69.1. The maximum atomic E-state index is 13.5. The van der Waals surface area contributed by atoms with Crippen molar-refractivity contribution in [3.8, 4) is 5.75 Å². The predicted molar refractivity (Wildman–Crippen MR) is 222 cm³/mol. The Kier molecular flexibility index (Phi) is 11.1. The van der Waals surface area contributed by atoms with Gasteiger partial charge in [0, 0.05) is 44.1 Å². The van der Waals surface area contributed by atoms with Crippen LogP contribution in [-0.4, -0.2) is 84.7 Å². The molecule has 2 atom stereocenters. The van der Waals surface area contributed by atoms with Crippen LogP contribution in [0, 0.1) is 5.92 Å². The number of imidazole rings is 1. The van der Waals surface area contributed by atoms with Gasteiger partial charge in [-0.15, -0.1) is 0 Å². The normalized spacial score (nSPS) is 22.9. The van der Waals surface area contributed by atoms with Crippen molar-refractivity contribution >= 4 is 51.3 Å². The van der Waals surface area contributed by atoms with Crippen molar-refractivity contribution in [2.45, 2.75) is 94.4 Å². The number of para-hydroxylation sites is 1. The molecule has 1 unspecified atom stereocenters. The minimum atomic E-state index is -4.71. The molecule has 62 heavy (non-hydrogen) atoms. The van der Waals surface area contributed by atoms with E-state index in [0.29, 0.717) is 30.7 Å². The highest BCUT2D eigenvalue weighted by atomic mass is 19.4. The quantitative estimate of drug-likeness (QED) is 0.151. The maximum absolute atomic E-state index is 13.5. The standard InChI is InChI=1S/C44H48F3N9O6/c1-53-40-30(4-2-6-34(40)56(43(53)61)35-13-15-39(58)51-42(35)60)26-16-18-54(19-17-26)22-25-8-11-29(12-9-25)55-23-27-20-33(50-41(59)31-5-3-7-37(49-31)44(45,46)47)36(21-32(27)52-55)62-24-28-10-14-38(57)48-28/h2-7,20-21,23,25-26,28-29,35H,8-19,22,24H2,1H3,(H,48,57)(H,50,59)(H,51,58,60)/t25?,28-,29?,35?/m1/s1. The summed E-state index contributed by atoms with van der Waals surface area (Å²) in [6, 6.07) is 11.7. The predicted octanol–water partition coefficient (Wildman–Crippen LogP) is 5.60. The lowest BCUT2D eigenvalue weighted by Gasteiger charge is -2.37. The lowest BCUT2D eigenvalue weighted by atomic mass is 9.84. The number of ether oxygens (including phenoxy) is 1. The average Bonchev–Trinajstić information content (AvgIpc) is 3.95. The number of pyridine rings is 1. The second-order valence-corrected chi connectivity index (χ2v) is 17.1. The molecule has 3 aliphatic heterocycles. The molecule has 4 fully saturated rings. The molecule has 6 heterocycles. The number of piperidine rings is 2. The molecule has 326 valence electrons. The molecule has 3 saturated heterocycles. The highest BCUT2D eigenvalue weighted by Gasteiger charge is 2.35. The number of imide groups is 1. The van der Waals surface area contributed by atoms with E-state index in [-0.39, 0.29) is 60.0 Å². The van der Waals surface area contributed by atoms with E-state index in [1.54, 1.807) is 28.3 Å². The fraction of sp³-hybridized carbons (Fsp3) is 0.477. The number of nitrogens with zero attached hydrogens (tertiary/aromatic N) is 6. The first-order chi connectivity index (χ1) is 29.8. The van der Waals surface area contributed by atoms with E-state index in [9.17, 15) is 37.1 Å². The van der Waals surface area contributed by atoms with Crippen molar-refractivity contribution in [1.29, 1.82) is 0 Å². The molecule has 1 saturated carbocycles. The van der Waals surface area contributed by atoms with Crippen LogP contribution in [0.1, 0.15) is 104 Å². The maximum Gasteiger partial charge on any atom is 0.433 e. The Bertz CT molecular complexity index is 2620. The van der Waals surface area contributed by atoms with E-state index in [1.807, 2.05) is 23.0 Å². The second-order valence-electron chi connectivity index (χ2n) is 17.1. The summed E-state index contributed by atoms with van der Waals surface area (Å²) in [5.41, 5.74) is 1.75. The number of nitrogens with one attached hydrogen (secondary N) is 3. The number of likely N-dealkylation sites (tertiary alicyclic amines) is 1. The third-order valence-corrected chi connectivity index (χ3v) is 13.1. The number of benzene rings is 2. The number of halogens is 3. The highest BCUT2D eigenvalue weighted by Crippen LogP contribution is 2.38. The van der Waals surface area contributed by atoms with Crippen molar-refractivity contribution in [3.63, 3.8) is 0 Å². The number of carbonyl (C=O) groups is 4. The average molecular weight is 856 g/mol. The number of amides is 4. The minimum Gasteiger partial charge on any atom is -0.489 e. The molecule has 4 amide bonds. The largest absolute Gasteiger partial charge is 0.489 e. The Balaban J connectivity index is 0.837. The van der Waals surface area contributed by atoms with Crippen molar-refractivity contribution in [1.82, 2.24) is 39.4 Å². The zero-order valence-electron chi connectivity index (χ0n) is 34.2. The number of fused-ring (bicyclic) bond motifs is 2. The second kappa shape index (κ2) is 16.7. The van der Waals surface area contributed by atoms with Crippen LogP contribution in [0.15, 0.2) is 59.5 Å². The van der Waals surface area contributed by atoms with Crippen LogP contribution in [0.25, 0.3) is 21.9 Å². The summed E-state index contributed by atoms with van der Waals surface area (Å²) < 4.78 is 51.3. The van der Waals surface area contributed by atoms with Gasteiger partial charge in [-0.25, -0.2) is 9.78 Å². The van der Waals surface area contributed by atoms with Gasteiger partial charge in [-0.2, -0.15) is 18.3 Å². The van der Waals surface area contributed by atoms with Gasteiger partial charge >= 0.3 is 11.9 Å². The van der Waals surface area contributed by atoms with Gasteiger partial charge in [0.05, 0.1) is 34.3 Å². The first kappa shape index (κ1) is 41.3. The fourth-order valence-electron chi connectivity index (χ4n) is 9.79. The van der Waals surface area contributed by atoms with Gasteiger partial charge in [0.2, 0.25) is 17.7 Å². The summed E-state index contributed by atoms with van der Waals surface area (Å²) >= 11 is 0. The molecule has 5 aromatic rings. The van der Waals surface area contributed by atoms with Gasteiger partial charge < -0.3 is 20.3 Å². The van der Waals surface area contributed by atoms with Crippen molar-refractivity contribution < 1.29 is 37.1 Å². The number of hydrogen-bond donors (Lipinski definition) is 3. The van der Waals surface area contributed by atoms with Crippen LogP contribution >= 0.6 is 0 Å². The van der Waals surface area contributed by atoms with Crippen LogP contribution < -0.4 is 26.4 Å². The zero-order chi connectivity index (χ0) is 43.3. The number of carbonyl (C=O) groups excluding carboxylic acids is 4. The molecule has 9 rings (SSSR count). The van der Waals surface area contributed by atoms with E-state index in [0.717, 1.165) is 92.3 Å². The number of aromatic nitrogens is 5. The SMILES string of the molecule is Cn1c(=O)n(C2CCC(=O)NC2=O)c2cccc(C3CCN(CC4CCC(n5cc6cc(NC(=O)c7cccc(C(F)(F)F)n7)c(OC[C@H]7CCC(=O)N7)cc6n5)CC4)CC3)c21. The number of rotatable bonds is 10. The van der Waals surface area contributed by atoms with Crippen LogP contribution in [0.5, 0.6) is 5.75 Å². The minimum absolute atomic E-state index is 0.0716. The van der Waals surface area contributed by atoms with E-state index in [4.69, 9.17) is 9.84 Å². The van der Waals surface area contributed by atoms with E-state index in [1.165, 1.54) is 6.07 Å². The van der Waals surface area contributed by atoms with Crippen molar-refractivity contribution in [2.75, 3.05) is 31.6 Å². The van der Waals surface area contributed by atoms with Gasteiger partial charge in [-0.1, -0.05) is 18.2 Å². The van der Waals surface area contributed by atoms with Crippen LogP contribution in [0.3, 0.4) is 0 Å². The first-order valence-corrected chi connectivity index (χ1v) is 21.4. The molecule has 0 bridgehead atoms. The molecule has 15 nitrogen and oxygen atoms in total. The van der Waals surface area contributed by atoms with Gasteiger partial charge in [0.15, 0.2) is 0 Å². The Labute approximate surface area is 354 Å². The summed E-state index contributed by atoms with van der Waals surface area (Å²) in [7, 11) is 1.75. The molecular weight excluding hydrogens is 808 g/mol. The molecule has 3 N–H and O–H groups in total. The number of alkyl halides is 3. The Morgan fingerprint density at radius 3 is 2.40 bits per heavy atom. The van der Waals surface area contributed by atoms with Gasteiger partial charge in [0.25, 0.3) is 5.91 Å². The zero-order valence-corrected chi connectivity index (χ0v) is 34.2. The lowest BCUT2D eigenvalue weighted by Crippen LogP contribution is -2.44. The molecule has 4 aliphatic rings. The molecule has 3 aromatic heterocycles. The third-order valence-electron chi connectivity index (χ3n) is 13.1. The Morgan fingerprint density at radius 2 is 1.68 bits per heavy atom. The van der Waals surface area contributed by atoms with Crippen molar-refractivity contribution in [2.24, 2.45) is 13.0 Å². The van der Waals surface area contributed by atoms with Crippen LogP contribution in [0.4, 0.5) is 18.9 Å². The van der Waals surface area contributed by atoms with E-state index < -0.39 is 35.4 Å². The van der Waals surface area contributed by atoms with Crippen LogP contribution in [-0.2, 0) is 27.6 Å².